The van der Waals surface area contributed by atoms with Crippen molar-refractivity contribution in [1.82, 2.24) is 9.36 Å². The van der Waals surface area contributed by atoms with E-state index in [2.05, 4.69) is 28.5 Å². The molecule has 0 amide bonds. The summed E-state index contributed by atoms with van der Waals surface area (Å²) in [6, 6.07) is 0. The Bertz CT molecular complexity index is 273. The fraction of sp³-hybridized carbons (Fsp3) is 0.833. The quantitative estimate of drug-likeness (QED) is 0.667. The highest BCUT2D eigenvalue weighted by Gasteiger charge is 2.00. The van der Waals surface area contributed by atoms with Crippen LogP contribution >= 0.6 is 11.5 Å². The predicted octanol–water partition coefficient (Wildman–Crippen LogP) is 3.87. The second-order valence-corrected chi connectivity index (χ2v) is 4.82. The Balaban J connectivity index is 1.98. The Morgan fingerprint density at radius 2 is 1.81 bits per heavy atom. The molecule has 0 spiro atoms. The lowest BCUT2D eigenvalue weighted by Crippen LogP contribution is -2.01. The van der Waals surface area contributed by atoms with Crippen molar-refractivity contribution in [3.8, 4) is 0 Å². The van der Waals surface area contributed by atoms with Crippen molar-refractivity contribution >= 4 is 16.7 Å². The third-order valence-electron chi connectivity index (χ3n) is 2.59. The highest BCUT2D eigenvalue weighted by atomic mass is 32.1. The Hall–Kier alpha value is -0.640. The SMILES string of the molecule is CCCCCCCCNc1nc(CC)ns1. The van der Waals surface area contributed by atoms with Gasteiger partial charge in [0, 0.05) is 24.5 Å². The van der Waals surface area contributed by atoms with Crippen molar-refractivity contribution in [1.29, 1.82) is 0 Å². The number of nitrogens with one attached hydrogen (secondary N) is 1. The molecule has 4 heteroatoms. The van der Waals surface area contributed by atoms with Crippen LogP contribution in [0.5, 0.6) is 0 Å². The summed E-state index contributed by atoms with van der Waals surface area (Å²) in [5, 5.41) is 4.31. The first-order chi connectivity index (χ1) is 7.86. The molecule has 0 aliphatic carbocycles. The van der Waals surface area contributed by atoms with Crippen LogP contribution in [0.1, 0.15) is 58.2 Å². The molecule has 0 bridgehead atoms. The van der Waals surface area contributed by atoms with Crippen LogP contribution in [0, 0.1) is 0 Å². The minimum Gasteiger partial charge on any atom is -0.360 e. The molecular formula is C12H23N3S. The maximum absolute atomic E-state index is 4.37. The van der Waals surface area contributed by atoms with Gasteiger partial charge < -0.3 is 5.32 Å². The summed E-state index contributed by atoms with van der Waals surface area (Å²) in [7, 11) is 0. The molecule has 0 saturated carbocycles. The van der Waals surface area contributed by atoms with Crippen molar-refractivity contribution in [3.05, 3.63) is 5.82 Å². The van der Waals surface area contributed by atoms with Crippen LogP contribution in [0.2, 0.25) is 0 Å². The van der Waals surface area contributed by atoms with Gasteiger partial charge in [0.25, 0.3) is 0 Å². The van der Waals surface area contributed by atoms with E-state index in [4.69, 9.17) is 0 Å². The lowest BCUT2D eigenvalue weighted by molar-refractivity contribution is 0.617. The molecule has 0 unspecified atom stereocenters. The molecule has 1 N–H and O–H groups in total. The van der Waals surface area contributed by atoms with Gasteiger partial charge in [-0.25, -0.2) is 4.98 Å². The van der Waals surface area contributed by atoms with Crippen LogP contribution in [-0.4, -0.2) is 15.9 Å². The van der Waals surface area contributed by atoms with Crippen LogP contribution < -0.4 is 5.32 Å². The second kappa shape index (κ2) is 8.50. The third kappa shape index (κ3) is 5.45. The Kier molecular flexibility index (Phi) is 7.14. The minimum atomic E-state index is 0.926. The molecule has 1 aromatic heterocycles. The number of unbranched alkanes of at least 4 members (excludes halogenated alkanes) is 5. The molecule has 0 aromatic carbocycles. The van der Waals surface area contributed by atoms with E-state index in [-0.39, 0.29) is 0 Å². The van der Waals surface area contributed by atoms with E-state index in [0.717, 1.165) is 23.9 Å². The summed E-state index contributed by atoms with van der Waals surface area (Å²) in [5.74, 6) is 0.954. The fourth-order valence-electron chi connectivity index (χ4n) is 1.57. The number of aromatic nitrogens is 2. The predicted molar refractivity (Wildman–Crippen MR) is 71.2 cm³/mol. The first-order valence-corrected chi connectivity index (χ1v) is 7.20. The van der Waals surface area contributed by atoms with Crippen molar-refractivity contribution in [3.63, 3.8) is 0 Å². The number of aryl methyl sites for hydroxylation is 1. The average Bonchev–Trinajstić information content (AvgIpc) is 2.76. The number of nitrogens with zero attached hydrogens (tertiary/aromatic N) is 2. The monoisotopic (exact) mass is 241 g/mol. The minimum absolute atomic E-state index is 0.926. The number of hydrogen-bond acceptors (Lipinski definition) is 4. The maximum atomic E-state index is 4.37. The van der Waals surface area contributed by atoms with Crippen molar-refractivity contribution in [2.45, 2.75) is 58.8 Å². The third-order valence-corrected chi connectivity index (χ3v) is 3.30. The zero-order valence-electron chi connectivity index (χ0n) is 10.5. The molecule has 0 aliphatic heterocycles. The molecule has 0 aliphatic rings. The molecule has 0 atom stereocenters. The molecular weight excluding hydrogens is 218 g/mol. The average molecular weight is 241 g/mol. The van der Waals surface area contributed by atoms with E-state index in [9.17, 15) is 0 Å². The van der Waals surface area contributed by atoms with Crippen LogP contribution in [0.15, 0.2) is 0 Å². The molecule has 1 heterocycles. The van der Waals surface area contributed by atoms with Gasteiger partial charge in [0.05, 0.1) is 0 Å². The fourth-order valence-corrected chi connectivity index (χ4v) is 2.24. The van der Waals surface area contributed by atoms with Gasteiger partial charge in [0.1, 0.15) is 5.82 Å². The highest BCUT2D eigenvalue weighted by molar-refractivity contribution is 7.09. The van der Waals surface area contributed by atoms with Crippen molar-refractivity contribution in [2.75, 3.05) is 11.9 Å². The van der Waals surface area contributed by atoms with Gasteiger partial charge in [0.2, 0.25) is 5.13 Å². The Labute approximate surface area is 103 Å². The standard InChI is InChI=1S/C12H23N3S/c1-3-5-6-7-8-9-10-13-12-14-11(4-2)15-16-12/h3-10H2,1-2H3,(H,13,14,15). The summed E-state index contributed by atoms with van der Waals surface area (Å²) in [6.45, 7) is 5.37. The summed E-state index contributed by atoms with van der Waals surface area (Å²) < 4.78 is 4.24. The van der Waals surface area contributed by atoms with E-state index in [1.54, 1.807) is 0 Å². The number of anilines is 1. The van der Waals surface area contributed by atoms with Crippen molar-refractivity contribution in [2.24, 2.45) is 0 Å². The smallest absolute Gasteiger partial charge is 0.202 e. The topological polar surface area (TPSA) is 37.8 Å². The van der Waals surface area contributed by atoms with Gasteiger partial charge in [-0.1, -0.05) is 46.0 Å². The zero-order chi connectivity index (χ0) is 11.6. The second-order valence-electron chi connectivity index (χ2n) is 4.06. The highest BCUT2D eigenvalue weighted by Crippen LogP contribution is 2.11. The van der Waals surface area contributed by atoms with E-state index in [0.29, 0.717) is 0 Å². The first-order valence-electron chi connectivity index (χ1n) is 6.43. The summed E-state index contributed by atoms with van der Waals surface area (Å²) in [4.78, 5) is 4.37. The lowest BCUT2D eigenvalue weighted by atomic mass is 10.1. The molecule has 0 fully saturated rings. The Morgan fingerprint density at radius 1 is 1.06 bits per heavy atom. The molecule has 92 valence electrons. The van der Waals surface area contributed by atoms with Crippen LogP contribution in [0.4, 0.5) is 5.13 Å². The van der Waals surface area contributed by atoms with Crippen LogP contribution in [0.3, 0.4) is 0 Å². The first kappa shape index (κ1) is 13.4. The Morgan fingerprint density at radius 3 is 2.50 bits per heavy atom. The van der Waals surface area contributed by atoms with Gasteiger partial charge in [-0.2, -0.15) is 4.37 Å². The van der Waals surface area contributed by atoms with Crippen LogP contribution in [0.25, 0.3) is 0 Å². The lowest BCUT2D eigenvalue weighted by Gasteiger charge is -2.01. The molecule has 0 radical (unpaired) electrons. The summed E-state index contributed by atoms with van der Waals surface area (Å²) in [6.07, 6.45) is 8.94. The van der Waals surface area contributed by atoms with E-state index >= 15 is 0 Å². The molecule has 1 aromatic rings. The zero-order valence-corrected chi connectivity index (χ0v) is 11.3. The normalized spacial score (nSPS) is 10.6. The van der Waals surface area contributed by atoms with Gasteiger partial charge in [0.15, 0.2) is 0 Å². The van der Waals surface area contributed by atoms with E-state index in [1.807, 2.05) is 0 Å². The van der Waals surface area contributed by atoms with Gasteiger partial charge in [-0.05, 0) is 6.42 Å². The molecule has 0 saturated heterocycles. The number of rotatable bonds is 9. The van der Waals surface area contributed by atoms with Crippen molar-refractivity contribution < 1.29 is 0 Å². The summed E-state index contributed by atoms with van der Waals surface area (Å²) in [5.41, 5.74) is 0. The van der Waals surface area contributed by atoms with E-state index < -0.39 is 0 Å². The van der Waals surface area contributed by atoms with Gasteiger partial charge >= 0.3 is 0 Å². The van der Waals surface area contributed by atoms with Crippen LogP contribution in [-0.2, 0) is 6.42 Å². The molecule has 1 rings (SSSR count). The maximum Gasteiger partial charge on any atom is 0.202 e. The molecule has 16 heavy (non-hydrogen) atoms. The largest absolute Gasteiger partial charge is 0.360 e. The van der Waals surface area contributed by atoms with Gasteiger partial charge in [-0.15, -0.1) is 0 Å². The summed E-state index contributed by atoms with van der Waals surface area (Å²) >= 11 is 1.47. The molecule has 3 nitrogen and oxygen atoms in total. The number of hydrogen-bond donors (Lipinski definition) is 1. The van der Waals surface area contributed by atoms with Gasteiger partial charge in [-0.3, -0.25) is 0 Å². The van der Waals surface area contributed by atoms with E-state index in [1.165, 1.54) is 50.1 Å².